The predicted molar refractivity (Wildman–Crippen MR) is 105 cm³/mol. The van der Waals surface area contributed by atoms with Gasteiger partial charge < -0.3 is 5.32 Å². The second kappa shape index (κ2) is 8.87. The molecule has 3 aromatic rings. The van der Waals surface area contributed by atoms with Crippen molar-refractivity contribution >= 4 is 29.3 Å². The molecule has 2 aromatic carbocycles. The van der Waals surface area contributed by atoms with Crippen molar-refractivity contribution in [1.29, 1.82) is 0 Å². The Hall–Kier alpha value is -2.31. The summed E-state index contributed by atoms with van der Waals surface area (Å²) < 4.78 is 0. The molecule has 3 rings (SSSR count). The zero-order valence-corrected chi connectivity index (χ0v) is 15.9. The molecule has 0 radical (unpaired) electrons. The summed E-state index contributed by atoms with van der Waals surface area (Å²) in [5.41, 5.74) is 3.22. The van der Waals surface area contributed by atoms with Gasteiger partial charge in [0, 0.05) is 17.1 Å². The molecule has 5 nitrogen and oxygen atoms in total. The zero-order chi connectivity index (χ0) is 18.4. The van der Waals surface area contributed by atoms with Crippen LogP contribution in [0.2, 0.25) is 5.02 Å². The summed E-state index contributed by atoms with van der Waals surface area (Å²) in [4.78, 5) is 16.4. The molecular weight excluding hydrogens is 368 g/mol. The fourth-order valence-electron chi connectivity index (χ4n) is 2.37. The van der Waals surface area contributed by atoms with Crippen molar-refractivity contribution in [3.05, 3.63) is 64.7 Å². The molecule has 1 aromatic heterocycles. The highest BCUT2D eigenvalue weighted by Crippen LogP contribution is 2.19. The van der Waals surface area contributed by atoms with E-state index in [-0.39, 0.29) is 11.7 Å². The topological polar surface area (TPSA) is 70.7 Å². The van der Waals surface area contributed by atoms with Crippen LogP contribution in [-0.4, -0.2) is 26.8 Å². The number of nitrogens with one attached hydrogen (secondary N) is 2. The minimum absolute atomic E-state index is 0.0753. The number of rotatable bonds is 7. The number of hydrogen-bond acceptors (Lipinski definition) is 4. The number of aromatic amines is 1. The molecule has 26 heavy (non-hydrogen) atoms. The van der Waals surface area contributed by atoms with Gasteiger partial charge in [-0.25, -0.2) is 4.98 Å². The van der Waals surface area contributed by atoms with Crippen LogP contribution in [0.5, 0.6) is 0 Å². The molecule has 0 unspecified atom stereocenters. The lowest BCUT2D eigenvalue weighted by Gasteiger charge is -2.04. The number of thioether (sulfide) groups is 1. The maximum Gasteiger partial charge on any atom is 0.230 e. The number of hydrogen-bond donors (Lipinski definition) is 2. The SMILES string of the molecule is CCc1ccc(-c2nc(SCC(=O)NCc3cccc(Cl)c3)n[nH]2)cc1. The molecule has 0 aliphatic rings. The number of aryl methyl sites for hydroxylation is 1. The van der Waals surface area contributed by atoms with E-state index in [2.05, 4.69) is 39.6 Å². The molecule has 1 heterocycles. The zero-order valence-electron chi connectivity index (χ0n) is 14.3. The van der Waals surface area contributed by atoms with E-state index in [1.54, 1.807) is 6.07 Å². The normalized spacial score (nSPS) is 10.7. The Morgan fingerprint density at radius 3 is 2.73 bits per heavy atom. The molecule has 2 N–H and O–H groups in total. The summed E-state index contributed by atoms with van der Waals surface area (Å²) in [6.45, 7) is 2.57. The van der Waals surface area contributed by atoms with E-state index in [1.165, 1.54) is 17.3 Å². The van der Waals surface area contributed by atoms with Gasteiger partial charge in [-0.15, -0.1) is 5.10 Å². The Balaban J connectivity index is 1.50. The maximum absolute atomic E-state index is 12.0. The minimum atomic E-state index is -0.0753. The van der Waals surface area contributed by atoms with Crippen LogP contribution in [0.1, 0.15) is 18.1 Å². The van der Waals surface area contributed by atoms with Crippen molar-refractivity contribution in [3.8, 4) is 11.4 Å². The van der Waals surface area contributed by atoms with E-state index in [9.17, 15) is 4.79 Å². The lowest BCUT2D eigenvalue weighted by molar-refractivity contribution is -0.118. The standard InChI is InChI=1S/C19H19ClN4OS/c1-2-13-6-8-15(9-7-13)18-22-19(24-23-18)26-12-17(25)21-11-14-4-3-5-16(20)10-14/h3-10H,2,11-12H2,1H3,(H,21,25)(H,22,23,24). The molecule has 0 aliphatic carbocycles. The number of nitrogens with zero attached hydrogens (tertiary/aromatic N) is 2. The van der Waals surface area contributed by atoms with Gasteiger partial charge in [0.2, 0.25) is 11.1 Å². The van der Waals surface area contributed by atoms with Crippen LogP contribution < -0.4 is 5.32 Å². The molecule has 1 amide bonds. The van der Waals surface area contributed by atoms with Crippen molar-refractivity contribution in [1.82, 2.24) is 20.5 Å². The van der Waals surface area contributed by atoms with Gasteiger partial charge in [-0.05, 0) is 29.7 Å². The predicted octanol–water partition coefficient (Wildman–Crippen LogP) is 4.10. The number of aromatic nitrogens is 3. The van der Waals surface area contributed by atoms with Crippen LogP contribution in [0.4, 0.5) is 0 Å². The highest BCUT2D eigenvalue weighted by Gasteiger charge is 2.09. The van der Waals surface area contributed by atoms with Crippen LogP contribution in [0.3, 0.4) is 0 Å². The summed E-state index contributed by atoms with van der Waals surface area (Å²) in [6, 6.07) is 15.6. The van der Waals surface area contributed by atoms with Gasteiger partial charge in [0.1, 0.15) is 0 Å². The van der Waals surface area contributed by atoms with Crippen molar-refractivity contribution in [2.24, 2.45) is 0 Å². The van der Waals surface area contributed by atoms with Crippen molar-refractivity contribution in [2.75, 3.05) is 5.75 Å². The summed E-state index contributed by atoms with van der Waals surface area (Å²) in [5, 5.41) is 11.2. The molecule has 0 fully saturated rings. The van der Waals surface area contributed by atoms with Crippen molar-refractivity contribution < 1.29 is 4.79 Å². The Labute approximate surface area is 161 Å². The summed E-state index contributed by atoms with van der Waals surface area (Å²) in [5.74, 6) is 0.884. The lowest BCUT2D eigenvalue weighted by atomic mass is 10.1. The fraction of sp³-hybridized carbons (Fsp3) is 0.211. The van der Waals surface area contributed by atoms with Crippen LogP contribution in [-0.2, 0) is 17.8 Å². The number of benzene rings is 2. The van der Waals surface area contributed by atoms with Crippen LogP contribution in [0, 0.1) is 0 Å². The molecule has 0 saturated carbocycles. The number of carbonyl (C=O) groups excluding carboxylic acids is 1. The maximum atomic E-state index is 12.0. The highest BCUT2D eigenvalue weighted by atomic mass is 35.5. The number of carbonyl (C=O) groups is 1. The third-order valence-electron chi connectivity index (χ3n) is 3.81. The number of halogens is 1. The first-order valence-corrected chi connectivity index (χ1v) is 9.66. The molecule has 0 atom stereocenters. The first kappa shape index (κ1) is 18.5. The van der Waals surface area contributed by atoms with Crippen molar-refractivity contribution in [3.63, 3.8) is 0 Å². The van der Waals surface area contributed by atoms with Gasteiger partial charge in [0.25, 0.3) is 0 Å². The molecule has 0 spiro atoms. The Bertz CT molecular complexity index is 879. The van der Waals surface area contributed by atoms with Crippen LogP contribution in [0.15, 0.2) is 53.7 Å². The van der Waals surface area contributed by atoms with E-state index in [4.69, 9.17) is 11.6 Å². The highest BCUT2D eigenvalue weighted by molar-refractivity contribution is 7.99. The average molecular weight is 387 g/mol. The summed E-state index contributed by atoms with van der Waals surface area (Å²) in [7, 11) is 0. The molecule has 0 saturated heterocycles. The van der Waals surface area contributed by atoms with Gasteiger partial charge in [-0.1, -0.05) is 66.7 Å². The first-order valence-electron chi connectivity index (χ1n) is 8.29. The quantitative estimate of drug-likeness (QED) is 0.600. The summed E-state index contributed by atoms with van der Waals surface area (Å²) >= 11 is 7.23. The lowest BCUT2D eigenvalue weighted by Crippen LogP contribution is -2.24. The van der Waals surface area contributed by atoms with Gasteiger partial charge in [0.15, 0.2) is 5.82 Å². The summed E-state index contributed by atoms with van der Waals surface area (Å²) in [6.07, 6.45) is 1.00. The second-order valence-corrected chi connectivity index (χ2v) is 7.09. The third kappa shape index (κ3) is 5.09. The van der Waals surface area contributed by atoms with E-state index >= 15 is 0 Å². The van der Waals surface area contributed by atoms with E-state index in [0.717, 1.165) is 17.5 Å². The Kier molecular flexibility index (Phi) is 6.30. The Morgan fingerprint density at radius 1 is 1.19 bits per heavy atom. The Morgan fingerprint density at radius 2 is 2.00 bits per heavy atom. The molecule has 0 bridgehead atoms. The van der Waals surface area contributed by atoms with Crippen LogP contribution >= 0.6 is 23.4 Å². The molecule has 0 aliphatic heterocycles. The smallest absolute Gasteiger partial charge is 0.230 e. The second-order valence-electron chi connectivity index (χ2n) is 5.71. The third-order valence-corrected chi connectivity index (χ3v) is 4.89. The van der Waals surface area contributed by atoms with E-state index in [1.807, 2.05) is 30.3 Å². The fourth-order valence-corrected chi connectivity index (χ4v) is 3.21. The van der Waals surface area contributed by atoms with E-state index in [0.29, 0.717) is 22.5 Å². The largest absolute Gasteiger partial charge is 0.351 e. The molecule has 7 heteroatoms. The van der Waals surface area contributed by atoms with Gasteiger partial charge >= 0.3 is 0 Å². The van der Waals surface area contributed by atoms with Gasteiger partial charge in [-0.2, -0.15) is 0 Å². The average Bonchev–Trinajstić information content (AvgIpc) is 3.14. The van der Waals surface area contributed by atoms with E-state index < -0.39 is 0 Å². The van der Waals surface area contributed by atoms with Crippen LogP contribution in [0.25, 0.3) is 11.4 Å². The number of amides is 1. The van der Waals surface area contributed by atoms with Gasteiger partial charge in [-0.3, -0.25) is 9.89 Å². The molecular formula is C19H19ClN4OS. The molecule has 134 valence electrons. The minimum Gasteiger partial charge on any atom is -0.351 e. The van der Waals surface area contributed by atoms with Crippen molar-refractivity contribution in [2.45, 2.75) is 25.0 Å². The van der Waals surface area contributed by atoms with Gasteiger partial charge in [0.05, 0.1) is 5.75 Å². The first-order chi connectivity index (χ1) is 12.6. The number of H-pyrrole nitrogens is 1. The monoisotopic (exact) mass is 386 g/mol.